The molecule has 7 aromatic carbocycles. The minimum atomic E-state index is -0.124. The van der Waals surface area contributed by atoms with Crippen LogP contribution in [-0.2, 0) is 10.8 Å². The maximum absolute atomic E-state index is 6.71. The number of para-hydroxylation sites is 2. The van der Waals surface area contributed by atoms with Crippen LogP contribution in [0.4, 0.5) is 17.1 Å². The van der Waals surface area contributed by atoms with Gasteiger partial charge in [0.2, 0.25) is 0 Å². The summed E-state index contributed by atoms with van der Waals surface area (Å²) in [4.78, 5) is 2.42. The average molecular weight is 644 g/mol. The molecule has 0 spiro atoms. The number of nitrogens with zero attached hydrogens (tertiary/aromatic N) is 1. The zero-order valence-electron chi connectivity index (χ0n) is 28.8. The van der Waals surface area contributed by atoms with Crippen LogP contribution in [0.15, 0.2) is 156 Å². The van der Waals surface area contributed by atoms with Gasteiger partial charge in [0.15, 0.2) is 5.58 Å². The fourth-order valence-corrected chi connectivity index (χ4v) is 8.96. The molecule has 0 bridgehead atoms. The molecular formula is C48H37NO. The van der Waals surface area contributed by atoms with Gasteiger partial charge in [0.25, 0.3) is 0 Å². The van der Waals surface area contributed by atoms with E-state index in [1.807, 2.05) is 6.07 Å². The van der Waals surface area contributed by atoms with Crippen LogP contribution in [0, 0.1) is 0 Å². The van der Waals surface area contributed by atoms with E-state index in [1.165, 1.54) is 55.6 Å². The molecule has 0 radical (unpaired) electrons. The summed E-state index contributed by atoms with van der Waals surface area (Å²) in [6.45, 7) is 9.43. The minimum absolute atomic E-state index is 0.121. The van der Waals surface area contributed by atoms with E-state index in [0.717, 1.165) is 39.0 Å². The molecule has 0 unspecified atom stereocenters. The van der Waals surface area contributed by atoms with Crippen molar-refractivity contribution in [1.29, 1.82) is 0 Å². The van der Waals surface area contributed by atoms with E-state index in [2.05, 4.69) is 178 Å². The van der Waals surface area contributed by atoms with Crippen molar-refractivity contribution in [3.8, 4) is 33.4 Å². The summed E-state index contributed by atoms with van der Waals surface area (Å²) in [5.41, 5.74) is 18.0. The predicted molar refractivity (Wildman–Crippen MR) is 209 cm³/mol. The lowest BCUT2D eigenvalue weighted by atomic mass is 9.82. The lowest BCUT2D eigenvalue weighted by Crippen LogP contribution is -2.17. The van der Waals surface area contributed by atoms with E-state index in [-0.39, 0.29) is 10.8 Å². The quantitative estimate of drug-likeness (QED) is 0.190. The summed E-state index contributed by atoms with van der Waals surface area (Å²) in [7, 11) is 0. The van der Waals surface area contributed by atoms with Crippen molar-refractivity contribution in [1.82, 2.24) is 0 Å². The summed E-state index contributed by atoms with van der Waals surface area (Å²) in [6.07, 6.45) is 0. The van der Waals surface area contributed by atoms with E-state index < -0.39 is 0 Å². The Balaban J connectivity index is 1.24. The molecule has 2 aliphatic carbocycles. The highest BCUT2D eigenvalue weighted by Gasteiger charge is 2.39. The zero-order valence-corrected chi connectivity index (χ0v) is 28.8. The SMILES string of the molecule is CC1(C)c2ccccc2-c2ccc(N(c3ccc4c(c3)-c3c(-c5ccccc5)cccc3C4(C)C)c3cccc4c3oc3ccccc34)cc21. The Morgan fingerprint density at radius 3 is 1.94 bits per heavy atom. The molecule has 0 amide bonds. The van der Waals surface area contributed by atoms with E-state index in [1.54, 1.807) is 0 Å². The first kappa shape index (κ1) is 29.1. The Labute approximate surface area is 293 Å². The molecule has 0 fully saturated rings. The minimum Gasteiger partial charge on any atom is -0.454 e. The maximum Gasteiger partial charge on any atom is 0.159 e. The highest BCUT2D eigenvalue weighted by atomic mass is 16.3. The Bertz CT molecular complexity index is 2660. The van der Waals surface area contributed by atoms with Crippen molar-refractivity contribution in [2.45, 2.75) is 38.5 Å². The topological polar surface area (TPSA) is 16.4 Å². The van der Waals surface area contributed by atoms with Crippen molar-refractivity contribution < 1.29 is 4.42 Å². The molecule has 0 saturated heterocycles. The third-order valence-corrected chi connectivity index (χ3v) is 11.5. The summed E-state index contributed by atoms with van der Waals surface area (Å²) < 4.78 is 6.71. The number of fused-ring (bicyclic) bond motifs is 9. The van der Waals surface area contributed by atoms with Gasteiger partial charge in [-0.2, -0.15) is 0 Å². The van der Waals surface area contributed by atoms with Crippen LogP contribution < -0.4 is 4.90 Å². The van der Waals surface area contributed by atoms with Crippen molar-refractivity contribution in [2.75, 3.05) is 4.90 Å². The molecule has 240 valence electrons. The maximum atomic E-state index is 6.71. The first-order valence-electron chi connectivity index (χ1n) is 17.6. The van der Waals surface area contributed by atoms with Crippen LogP contribution >= 0.6 is 0 Å². The second kappa shape index (κ2) is 10.3. The number of anilines is 3. The monoisotopic (exact) mass is 643 g/mol. The largest absolute Gasteiger partial charge is 0.454 e. The van der Waals surface area contributed by atoms with Gasteiger partial charge < -0.3 is 9.32 Å². The van der Waals surface area contributed by atoms with Crippen LogP contribution in [0.25, 0.3) is 55.3 Å². The van der Waals surface area contributed by atoms with Gasteiger partial charge in [0.05, 0.1) is 5.69 Å². The van der Waals surface area contributed by atoms with E-state index >= 15 is 0 Å². The molecular weight excluding hydrogens is 607 g/mol. The molecule has 1 heterocycles. The standard InChI is InChI=1S/C48H37NO/c1-47(2)40-27-25-31(28-38(40)45-33(18-12-21-41(45)47)30-14-6-5-7-15-30)49(43-22-13-19-37-36-17-9-11-23-44(36)50-46(37)43)32-24-26-35-34-16-8-10-20-39(34)48(3,4)42(35)29-32/h5-29H,1-4H3. The second-order valence-electron chi connectivity index (χ2n) is 14.9. The molecule has 2 aliphatic rings. The molecule has 10 rings (SSSR count). The third-order valence-electron chi connectivity index (χ3n) is 11.5. The van der Waals surface area contributed by atoms with Gasteiger partial charge in [0, 0.05) is 33.0 Å². The third kappa shape index (κ3) is 3.96. The van der Waals surface area contributed by atoms with Crippen LogP contribution in [-0.4, -0.2) is 0 Å². The lowest BCUT2D eigenvalue weighted by Gasteiger charge is -2.29. The summed E-state index contributed by atoms with van der Waals surface area (Å²) >= 11 is 0. The van der Waals surface area contributed by atoms with Crippen LogP contribution in [0.3, 0.4) is 0 Å². The Morgan fingerprint density at radius 1 is 0.440 bits per heavy atom. The fraction of sp³-hybridized carbons (Fsp3) is 0.125. The van der Waals surface area contributed by atoms with Crippen LogP contribution in [0.2, 0.25) is 0 Å². The normalized spacial score (nSPS) is 14.7. The van der Waals surface area contributed by atoms with Crippen LogP contribution in [0.1, 0.15) is 49.9 Å². The summed E-state index contributed by atoms with van der Waals surface area (Å²) in [6, 6.07) is 55.5. The van der Waals surface area contributed by atoms with Crippen molar-refractivity contribution in [3.05, 3.63) is 174 Å². The molecule has 0 atom stereocenters. The van der Waals surface area contributed by atoms with Gasteiger partial charge in [-0.15, -0.1) is 0 Å². The van der Waals surface area contributed by atoms with Gasteiger partial charge in [-0.25, -0.2) is 0 Å². The molecule has 50 heavy (non-hydrogen) atoms. The number of hydrogen-bond donors (Lipinski definition) is 0. The summed E-state index contributed by atoms with van der Waals surface area (Å²) in [5.74, 6) is 0. The Hall–Kier alpha value is -5.86. The predicted octanol–water partition coefficient (Wildman–Crippen LogP) is 13.3. The summed E-state index contributed by atoms with van der Waals surface area (Å²) in [5, 5.41) is 2.25. The molecule has 0 saturated carbocycles. The molecule has 0 N–H and O–H groups in total. The molecule has 0 aliphatic heterocycles. The van der Waals surface area contributed by atoms with E-state index in [4.69, 9.17) is 4.42 Å². The second-order valence-corrected chi connectivity index (χ2v) is 14.9. The van der Waals surface area contributed by atoms with Gasteiger partial charge >= 0.3 is 0 Å². The highest BCUT2D eigenvalue weighted by Crippen LogP contribution is 2.55. The Morgan fingerprint density at radius 2 is 1.06 bits per heavy atom. The van der Waals surface area contributed by atoms with E-state index in [9.17, 15) is 0 Å². The van der Waals surface area contributed by atoms with Gasteiger partial charge in [-0.1, -0.05) is 143 Å². The average Bonchev–Trinajstić information content (AvgIpc) is 3.72. The molecule has 1 aromatic heterocycles. The number of rotatable bonds is 4. The van der Waals surface area contributed by atoms with Gasteiger partial charge in [-0.3, -0.25) is 0 Å². The zero-order chi connectivity index (χ0) is 33.8. The molecule has 8 aromatic rings. The first-order chi connectivity index (χ1) is 24.3. The lowest BCUT2D eigenvalue weighted by molar-refractivity contribution is 0.660. The smallest absolute Gasteiger partial charge is 0.159 e. The van der Waals surface area contributed by atoms with Crippen molar-refractivity contribution in [3.63, 3.8) is 0 Å². The number of furan rings is 1. The molecule has 2 heteroatoms. The number of hydrogen-bond acceptors (Lipinski definition) is 2. The van der Waals surface area contributed by atoms with Crippen molar-refractivity contribution >= 4 is 39.0 Å². The van der Waals surface area contributed by atoms with Gasteiger partial charge in [-0.05, 0) is 92.0 Å². The van der Waals surface area contributed by atoms with Gasteiger partial charge in [0.1, 0.15) is 5.58 Å². The van der Waals surface area contributed by atoms with Crippen LogP contribution in [0.5, 0.6) is 0 Å². The van der Waals surface area contributed by atoms with Crippen molar-refractivity contribution in [2.24, 2.45) is 0 Å². The van der Waals surface area contributed by atoms with E-state index in [0.29, 0.717) is 0 Å². The fourth-order valence-electron chi connectivity index (χ4n) is 8.96. The number of benzene rings is 7. The first-order valence-corrected chi connectivity index (χ1v) is 17.6. The highest BCUT2D eigenvalue weighted by molar-refractivity contribution is 6.10. The molecule has 2 nitrogen and oxygen atoms in total. The Kier molecular flexibility index (Phi) is 6.01.